The summed E-state index contributed by atoms with van der Waals surface area (Å²) < 4.78 is 6.94. The van der Waals surface area contributed by atoms with Crippen molar-refractivity contribution in [3.8, 4) is 5.75 Å². The number of nitrogens with zero attached hydrogens (tertiary/aromatic N) is 1. The van der Waals surface area contributed by atoms with E-state index in [4.69, 9.17) is 4.74 Å². The van der Waals surface area contributed by atoms with E-state index in [-0.39, 0.29) is 16.8 Å². The zero-order chi connectivity index (χ0) is 22.8. The lowest BCUT2D eigenvalue weighted by molar-refractivity contribution is -0.111. The number of carbonyl (C=O) groups is 3. The standard InChI is InChI=1S/C24H16Br2N2O4/c1-32-22-14(12-15(25)13-18(22)26)10-11-20(29)27-19-9-5-8-17-21(19)24(31)28(23(17)30)16-6-3-2-4-7-16/h2-13H,1H3,(H,27,29). The number of hydrogen-bond acceptors (Lipinski definition) is 4. The van der Waals surface area contributed by atoms with E-state index in [1.165, 1.54) is 6.08 Å². The third kappa shape index (κ3) is 4.11. The van der Waals surface area contributed by atoms with E-state index in [1.54, 1.807) is 61.7 Å². The molecule has 1 aliphatic rings. The van der Waals surface area contributed by atoms with Gasteiger partial charge in [0.05, 0.1) is 34.1 Å². The molecule has 160 valence electrons. The van der Waals surface area contributed by atoms with E-state index in [9.17, 15) is 14.4 Å². The van der Waals surface area contributed by atoms with Gasteiger partial charge >= 0.3 is 0 Å². The number of benzene rings is 3. The molecule has 3 amide bonds. The van der Waals surface area contributed by atoms with Gasteiger partial charge in [0.15, 0.2) is 0 Å². The summed E-state index contributed by atoms with van der Waals surface area (Å²) in [5.41, 5.74) is 1.85. The van der Waals surface area contributed by atoms with Crippen molar-refractivity contribution in [3.63, 3.8) is 0 Å². The minimum atomic E-state index is -0.478. The average Bonchev–Trinajstić information content (AvgIpc) is 3.03. The van der Waals surface area contributed by atoms with Gasteiger partial charge in [-0.05, 0) is 58.4 Å². The van der Waals surface area contributed by atoms with Crippen molar-refractivity contribution in [3.05, 3.63) is 92.4 Å². The van der Waals surface area contributed by atoms with Gasteiger partial charge in [0.1, 0.15) is 5.75 Å². The molecule has 0 bridgehead atoms. The molecule has 0 saturated carbocycles. The monoisotopic (exact) mass is 554 g/mol. The summed E-state index contributed by atoms with van der Waals surface area (Å²) in [6, 6.07) is 17.1. The van der Waals surface area contributed by atoms with Gasteiger partial charge < -0.3 is 10.1 Å². The summed E-state index contributed by atoms with van der Waals surface area (Å²) >= 11 is 6.84. The van der Waals surface area contributed by atoms with Gasteiger partial charge in [0.25, 0.3) is 11.8 Å². The van der Waals surface area contributed by atoms with Crippen molar-refractivity contribution in [1.82, 2.24) is 0 Å². The first-order chi connectivity index (χ1) is 15.4. The molecule has 0 radical (unpaired) electrons. The van der Waals surface area contributed by atoms with Crippen molar-refractivity contribution in [2.24, 2.45) is 0 Å². The smallest absolute Gasteiger partial charge is 0.268 e. The lowest BCUT2D eigenvalue weighted by Gasteiger charge is -2.13. The molecule has 1 aliphatic heterocycles. The molecule has 6 nitrogen and oxygen atoms in total. The Morgan fingerprint density at radius 3 is 2.47 bits per heavy atom. The first-order valence-corrected chi connectivity index (χ1v) is 11.1. The summed E-state index contributed by atoms with van der Waals surface area (Å²) in [7, 11) is 1.54. The number of rotatable bonds is 5. The van der Waals surface area contributed by atoms with Crippen LogP contribution in [0.25, 0.3) is 6.08 Å². The molecule has 32 heavy (non-hydrogen) atoms. The fraction of sp³-hybridized carbons (Fsp3) is 0.0417. The van der Waals surface area contributed by atoms with E-state index < -0.39 is 17.7 Å². The molecule has 0 unspecified atom stereocenters. The van der Waals surface area contributed by atoms with Crippen molar-refractivity contribution >= 4 is 67.0 Å². The number of imide groups is 1. The Kier molecular flexibility index (Phi) is 6.25. The van der Waals surface area contributed by atoms with Gasteiger partial charge in [0.2, 0.25) is 5.91 Å². The van der Waals surface area contributed by atoms with Crippen LogP contribution in [-0.2, 0) is 4.79 Å². The highest BCUT2D eigenvalue weighted by Gasteiger charge is 2.38. The minimum Gasteiger partial charge on any atom is -0.495 e. The predicted molar refractivity (Wildman–Crippen MR) is 130 cm³/mol. The third-order valence-electron chi connectivity index (χ3n) is 4.84. The first-order valence-electron chi connectivity index (χ1n) is 9.49. The Morgan fingerprint density at radius 2 is 1.75 bits per heavy atom. The third-order valence-corrected chi connectivity index (χ3v) is 5.89. The van der Waals surface area contributed by atoms with Gasteiger partial charge in [-0.3, -0.25) is 14.4 Å². The van der Waals surface area contributed by atoms with Crippen molar-refractivity contribution in [1.29, 1.82) is 0 Å². The summed E-state index contributed by atoms with van der Waals surface area (Å²) in [5, 5.41) is 2.71. The van der Waals surface area contributed by atoms with E-state index in [2.05, 4.69) is 37.2 Å². The lowest BCUT2D eigenvalue weighted by Crippen LogP contribution is -2.29. The second kappa shape index (κ2) is 9.10. The topological polar surface area (TPSA) is 75.7 Å². The molecule has 0 aromatic heterocycles. The molecule has 3 aromatic rings. The minimum absolute atomic E-state index is 0.172. The number of ether oxygens (including phenoxy) is 1. The van der Waals surface area contributed by atoms with Gasteiger partial charge in [-0.25, -0.2) is 4.90 Å². The zero-order valence-corrected chi connectivity index (χ0v) is 19.9. The van der Waals surface area contributed by atoms with Crippen LogP contribution in [0.4, 0.5) is 11.4 Å². The largest absolute Gasteiger partial charge is 0.495 e. The average molecular weight is 556 g/mol. The summed E-state index contributed by atoms with van der Waals surface area (Å²) in [6.45, 7) is 0. The number of carbonyl (C=O) groups excluding carboxylic acids is 3. The lowest BCUT2D eigenvalue weighted by atomic mass is 10.1. The number of anilines is 2. The first kappa shape index (κ1) is 22.0. The highest BCUT2D eigenvalue weighted by Crippen LogP contribution is 2.34. The van der Waals surface area contributed by atoms with Crippen LogP contribution in [0, 0.1) is 0 Å². The Bertz CT molecular complexity index is 1270. The maximum Gasteiger partial charge on any atom is 0.268 e. The SMILES string of the molecule is COc1c(Br)cc(Br)cc1C=CC(=O)Nc1cccc2c1C(=O)N(c1ccccc1)C2=O. The van der Waals surface area contributed by atoms with E-state index in [0.717, 1.165) is 13.8 Å². The molecule has 0 aliphatic carbocycles. The van der Waals surface area contributed by atoms with E-state index in [1.807, 2.05) is 12.1 Å². The fourth-order valence-corrected chi connectivity index (χ4v) is 4.88. The number of halogens is 2. The molecule has 0 atom stereocenters. The fourth-order valence-electron chi connectivity index (χ4n) is 3.46. The summed E-state index contributed by atoms with van der Waals surface area (Å²) in [5.74, 6) is -0.771. The summed E-state index contributed by atoms with van der Waals surface area (Å²) in [6.07, 6.45) is 2.95. The van der Waals surface area contributed by atoms with Gasteiger partial charge in [-0.15, -0.1) is 0 Å². The van der Waals surface area contributed by atoms with Gasteiger partial charge in [-0.2, -0.15) is 0 Å². The van der Waals surface area contributed by atoms with Crippen LogP contribution in [0.3, 0.4) is 0 Å². The van der Waals surface area contributed by atoms with Crippen LogP contribution < -0.4 is 15.0 Å². The van der Waals surface area contributed by atoms with Gasteiger partial charge in [-0.1, -0.05) is 40.2 Å². The van der Waals surface area contributed by atoms with Gasteiger partial charge in [0, 0.05) is 16.1 Å². The molecular weight excluding hydrogens is 540 g/mol. The number of para-hydroxylation sites is 1. The Labute approximate surface area is 201 Å². The number of hydrogen-bond donors (Lipinski definition) is 1. The van der Waals surface area contributed by atoms with Crippen molar-refractivity contribution < 1.29 is 19.1 Å². The quantitative estimate of drug-likeness (QED) is 0.325. The molecule has 4 rings (SSSR count). The Balaban J connectivity index is 1.61. The molecule has 0 saturated heterocycles. The molecule has 1 heterocycles. The van der Waals surface area contributed by atoms with Crippen molar-refractivity contribution in [2.75, 3.05) is 17.3 Å². The molecule has 8 heteroatoms. The highest BCUT2D eigenvalue weighted by atomic mass is 79.9. The number of methoxy groups -OCH3 is 1. The molecule has 1 N–H and O–H groups in total. The maximum absolute atomic E-state index is 13.1. The van der Waals surface area contributed by atoms with Crippen LogP contribution in [0.15, 0.2) is 75.7 Å². The van der Waals surface area contributed by atoms with E-state index in [0.29, 0.717) is 17.0 Å². The molecule has 0 fully saturated rings. The Hall–Kier alpha value is -3.23. The van der Waals surface area contributed by atoms with Crippen LogP contribution in [0.5, 0.6) is 5.75 Å². The van der Waals surface area contributed by atoms with Crippen LogP contribution >= 0.6 is 31.9 Å². The summed E-state index contributed by atoms with van der Waals surface area (Å²) in [4.78, 5) is 39.6. The second-order valence-corrected chi connectivity index (χ2v) is 8.61. The van der Waals surface area contributed by atoms with Crippen LogP contribution in [0.1, 0.15) is 26.3 Å². The van der Waals surface area contributed by atoms with E-state index >= 15 is 0 Å². The molecule has 3 aromatic carbocycles. The normalized spacial score (nSPS) is 12.9. The van der Waals surface area contributed by atoms with Crippen LogP contribution in [-0.4, -0.2) is 24.8 Å². The number of amides is 3. The molecular formula is C24H16Br2N2O4. The highest BCUT2D eigenvalue weighted by molar-refractivity contribution is 9.11. The zero-order valence-electron chi connectivity index (χ0n) is 16.8. The second-order valence-electron chi connectivity index (χ2n) is 6.84. The molecule has 0 spiro atoms. The van der Waals surface area contributed by atoms with Crippen LogP contribution in [0.2, 0.25) is 0 Å². The number of fused-ring (bicyclic) bond motifs is 1. The maximum atomic E-state index is 13.1. The number of nitrogens with one attached hydrogen (secondary N) is 1. The predicted octanol–water partition coefficient (Wildman–Crippen LogP) is 5.67. The Morgan fingerprint density at radius 1 is 1.00 bits per heavy atom. The van der Waals surface area contributed by atoms with Crippen molar-refractivity contribution in [2.45, 2.75) is 0 Å².